The van der Waals surface area contributed by atoms with Crippen LogP contribution in [-0.4, -0.2) is 31.0 Å². The van der Waals surface area contributed by atoms with E-state index in [9.17, 15) is 0 Å². The highest BCUT2D eigenvalue weighted by Crippen LogP contribution is 2.26. The molecule has 22 heavy (non-hydrogen) atoms. The third-order valence-corrected chi connectivity index (χ3v) is 3.66. The second kappa shape index (κ2) is 8.21. The Morgan fingerprint density at radius 1 is 1.05 bits per heavy atom. The SMILES string of the molecule is CCN(CC)c1c(C)cc(C(=NC(C)C)NC(C)C)cc1C. The van der Waals surface area contributed by atoms with E-state index in [1.54, 1.807) is 0 Å². The first kappa shape index (κ1) is 18.5. The average Bonchev–Trinajstić information content (AvgIpc) is 2.40. The summed E-state index contributed by atoms with van der Waals surface area (Å²) in [5.74, 6) is 1.00. The molecular weight excluding hydrogens is 270 g/mol. The van der Waals surface area contributed by atoms with E-state index < -0.39 is 0 Å². The van der Waals surface area contributed by atoms with Crippen LogP contribution in [0.1, 0.15) is 58.2 Å². The quantitative estimate of drug-likeness (QED) is 0.626. The highest BCUT2D eigenvalue weighted by atomic mass is 15.1. The van der Waals surface area contributed by atoms with E-state index in [-0.39, 0.29) is 6.04 Å². The largest absolute Gasteiger partial charge is 0.372 e. The lowest BCUT2D eigenvalue weighted by molar-refractivity contribution is 0.719. The third kappa shape index (κ3) is 4.75. The van der Waals surface area contributed by atoms with Crippen molar-refractivity contribution in [1.29, 1.82) is 0 Å². The molecule has 0 saturated carbocycles. The summed E-state index contributed by atoms with van der Waals surface area (Å²) in [5, 5.41) is 3.49. The van der Waals surface area contributed by atoms with Crippen molar-refractivity contribution in [2.24, 2.45) is 4.99 Å². The van der Waals surface area contributed by atoms with Gasteiger partial charge >= 0.3 is 0 Å². The molecular formula is C19H33N3. The number of nitrogens with one attached hydrogen (secondary N) is 1. The normalized spacial score (nSPS) is 12.2. The average molecular weight is 303 g/mol. The zero-order chi connectivity index (χ0) is 16.9. The van der Waals surface area contributed by atoms with Crippen LogP contribution in [0, 0.1) is 13.8 Å². The summed E-state index contributed by atoms with van der Waals surface area (Å²) < 4.78 is 0. The standard InChI is InChI=1S/C19H33N3/c1-9-22(10-2)18-15(7)11-17(12-16(18)8)19(20-13(3)4)21-14(5)6/h11-14H,9-10H2,1-8H3,(H,20,21). The number of hydrogen-bond acceptors (Lipinski definition) is 2. The summed E-state index contributed by atoms with van der Waals surface area (Å²) in [6.07, 6.45) is 0. The topological polar surface area (TPSA) is 27.6 Å². The smallest absolute Gasteiger partial charge is 0.128 e. The van der Waals surface area contributed by atoms with E-state index in [1.807, 2.05) is 0 Å². The van der Waals surface area contributed by atoms with E-state index in [1.165, 1.54) is 22.4 Å². The fourth-order valence-corrected chi connectivity index (χ4v) is 2.86. The fourth-order valence-electron chi connectivity index (χ4n) is 2.86. The summed E-state index contributed by atoms with van der Waals surface area (Å²) >= 11 is 0. The summed E-state index contributed by atoms with van der Waals surface area (Å²) in [7, 11) is 0. The Kier molecular flexibility index (Phi) is 6.92. The Labute approximate surface area is 136 Å². The summed E-state index contributed by atoms with van der Waals surface area (Å²) in [4.78, 5) is 7.20. The number of benzene rings is 1. The Bertz CT molecular complexity index is 488. The number of amidine groups is 1. The monoisotopic (exact) mass is 303 g/mol. The molecule has 0 aromatic heterocycles. The van der Waals surface area contributed by atoms with Gasteiger partial charge in [0.1, 0.15) is 5.84 Å². The van der Waals surface area contributed by atoms with E-state index in [0.29, 0.717) is 6.04 Å². The predicted molar refractivity (Wildman–Crippen MR) is 99.4 cm³/mol. The molecule has 0 aliphatic heterocycles. The number of nitrogens with zero attached hydrogens (tertiary/aromatic N) is 2. The van der Waals surface area contributed by atoms with Crippen molar-refractivity contribution in [3.05, 3.63) is 28.8 Å². The molecule has 0 amide bonds. The molecule has 0 aliphatic carbocycles. The minimum absolute atomic E-state index is 0.282. The number of hydrogen-bond donors (Lipinski definition) is 1. The Morgan fingerprint density at radius 3 is 1.91 bits per heavy atom. The van der Waals surface area contributed by atoms with Gasteiger partial charge in [-0.15, -0.1) is 0 Å². The van der Waals surface area contributed by atoms with Gasteiger partial charge in [0.15, 0.2) is 0 Å². The lowest BCUT2D eigenvalue weighted by Gasteiger charge is -2.26. The van der Waals surface area contributed by atoms with E-state index in [4.69, 9.17) is 4.99 Å². The van der Waals surface area contributed by atoms with Crippen molar-refractivity contribution in [2.75, 3.05) is 18.0 Å². The molecule has 124 valence electrons. The number of anilines is 1. The van der Waals surface area contributed by atoms with E-state index in [2.05, 4.69) is 77.7 Å². The molecule has 1 aromatic carbocycles. The highest BCUT2D eigenvalue weighted by Gasteiger charge is 2.14. The van der Waals surface area contributed by atoms with Gasteiger partial charge in [-0.1, -0.05) is 0 Å². The first-order valence-corrected chi connectivity index (χ1v) is 8.50. The number of rotatable bonds is 6. The lowest BCUT2D eigenvalue weighted by Crippen LogP contribution is -2.32. The first-order valence-electron chi connectivity index (χ1n) is 8.50. The molecule has 0 fully saturated rings. The molecule has 0 atom stereocenters. The maximum Gasteiger partial charge on any atom is 0.128 e. The predicted octanol–water partition coefficient (Wildman–Crippen LogP) is 4.30. The highest BCUT2D eigenvalue weighted by molar-refractivity contribution is 6.00. The maximum atomic E-state index is 4.78. The van der Waals surface area contributed by atoms with Gasteiger partial charge < -0.3 is 10.2 Å². The first-order chi connectivity index (χ1) is 10.3. The van der Waals surface area contributed by atoms with Crippen LogP contribution in [0.5, 0.6) is 0 Å². The van der Waals surface area contributed by atoms with Crippen LogP contribution in [0.25, 0.3) is 0 Å². The van der Waals surface area contributed by atoms with Crippen LogP contribution in [0.3, 0.4) is 0 Å². The molecule has 1 aromatic rings. The van der Waals surface area contributed by atoms with Gasteiger partial charge in [-0.2, -0.15) is 0 Å². The Hall–Kier alpha value is -1.51. The second-order valence-electron chi connectivity index (χ2n) is 6.50. The van der Waals surface area contributed by atoms with Gasteiger partial charge in [-0.05, 0) is 78.6 Å². The summed E-state index contributed by atoms with van der Waals surface area (Å²) in [6.45, 7) is 19.4. The molecule has 3 heteroatoms. The van der Waals surface area contributed by atoms with E-state index >= 15 is 0 Å². The van der Waals surface area contributed by atoms with Crippen molar-refractivity contribution in [3.8, 4) is 0 Å². The Morgan fingerprint density at radius 2 is 1.55 bits per heavy atom. The summed E-state index contributed by atoms with van der Waals surface area (Å²) in [6, 6.07) is 5.18. The van der Waals surface area contributed by atoms with Crippen molar-refractivity contribution in [2.45, 2.75) is 67.5 Å². The van der Waals surface area contributed by atoms with Gasteiger partial charge in [0, 0.05) is 36.4 Å². The zero-order valence-corrected chi connectivity index (χ0v) is 15.6. The molecule has 0 radical (unpaired) electrons. The second-order valence-corrected chi connectivity index (χ2v) is 6.50. The molecule has 0 spiro atoms. The number of aryl methyl sites for hydroxylation is 2. The van der Waals surface area contributed by atoms with Crippen LogP contribution in [0.4, 0.5) is 5.69 Å². The van der Waals surface area contributed by atoms with Crippen molar-refractivity contribution < 1.29 is 0 Å². The molecule has 0 saturated heterocycles. The van der Waals surface area contributed by atoms with Crippen LogP contribution < -0.4 is 10.2 Å². The van der Waals surface area contributed by atoms with Gasteiger partial charge in [-0.3, -0.25) is 4.99 Å². The molecule has 0 heterocycles. The Balaban J connectivity index is 3.31. The van der Waals surface area contributed by atoms with Crippen molar-refractivity contribution in [3.63, 3.8) is 0 Å². The molecule has 0 unspecified atom stereocenters. The van der Waals surface area contributed by atoms with Crippen molar-refractivity contribution in [1.82, 2.24) is 5.32 Å². The zero-order valence-electron chi connectivity index (χ0n) is 15.6. The maximum absolute atomic E-state index is 4.78. The van der Waals surface area contributed by atoms with Crippen molar-refractivity contribution >= 4 is 11.5 Å². The molecule has 1 N–H and O–H groups in total. The van der Waals surface area contributed by atoms with Gasteiger partial charge in [0.2, 0.25) is 0 Å². The number of aliphatic imine (C=N–C) groups is 1. The van der Waals surface area contributed by atoms with E-state index in [0.717, 1.165) is 18.9 Å². The molecule has 0 bridgehead atoms. The molecule has 0 aliphatic rings. The van der Waals surface area contributed by atoms with Gasteiger partial charge in [0.05, 0.1) is 0 Å². The third-order valence-electron chi connectivity index (χ3n) is 3.66. The van der Waals surface area contributed by atoms with Gasteiger partial charge in [0.25, 0.3) is 0 Å². The van der Waals surface area contributed by atoms with Crippen LogP contribution in [0.15, 0.2) is 17.1 Å². The van der Waals surface area contributed by atoms with Crippen LogP contribution in [-0.2, 0) is 0 Å². The molecule has 3 nitrogen and oxygen atoms in total. The van der Waals surface area contributed by atoms with Gasteiger partial charge in [-0.25, -0.2) is 0 Å². The minimum Gasteiger partial charge on any atom is -0.372 e. The fraction of sp³-hybridized carbons (Fsp3) is 0.632. The van der Waals surface area contributed by atoms with Crippen LogP contribution >= 0.6 is 0 Å². The molecule has 1 rings (SSSR count). The minimum atomic E-state index is 0.282. The lowest BCUT2D eigenvalue weighted by atomic mass is 10.0. The van der Waals surface area contributed by atoms with Crippen LogP contribution in [0.2, 0.25) is 0 Å². The summed E-state index contributed by atoms with van der Waals surface area (Å²) in [5.41, 5.74) is 5.19.